The number of thiophene rings is 1. The lowest BCUT2D eigenvalue weighted by molar-refractivity contribution is 0.0644. The van der Waals surface area contributed by atoms with E-state index in [1.165, 1.54) is 17.6 Å². The van der Waals surface area contributed by atoms with Crippen LogP contribution in [0.15, 0.2) is 41.8 Å². The molecule has 7 nitrogen and oxygen atoms in total. The number of nitrogens with one attached hydrogen (secondary N) is 1. The van der Waals surface area contributed by atoms with E-state index in [2.05, 4.69) is 10.2 Å². The van der Waals surface area contributed by atoms with E-state index in [0.29, 0.717) is 49.7 Å². The predicted molar refractivity (Wildman–Crippen MR) is 114 cm³/mol. The highest BCUT2D eigenvalue weighted by Crippen LogP contribution is 2.12. The van der Waals surface area contributed by atoms with Crippen molar-refractivity contribution in [2.75, 3.05) is 44.7 Å². The van der Waals surface area contributed by atoms with Crippen molar-refractivity contribution in [3.8, 4) is 0 Å². The van der Waals surface area contributed by atoms with Gasteiger partial charge in [-0.1, -0.05) is 18.2 Å². The first-order chi connectivity index (χ1) is 13.8. The highest BCUT2D eigenvalue weighted by atomic mass is 32.2. The lowest BCUT2D eigenvalue weighted by Crippen LogP contribution is -2.49. The Balaban J connectivity index is 1.47. The molecule has 1 fully saturated rings. The third-order valence-electron chi connectivity index (χ3n) is 4.84. The number of carbonyl (C=O) groups excluding carboxylic acids is 2. The van der Waals surface area contributed by atoms with E-state index in [1.807, 2.05) is 23.6 Å². The molecule has 29 heavy (non-hydrogen) atoms. The van der Waals surface area contributed by atoms with Gasteiger partial charge in [0.15, 0.2) is 0 Å². The smallest absolute Gasteiger partial charge is 0.261 e. The first-order valence-electron chi connectivity index (χ1n) is 9.42. The Kier molecular flexibility index (Phi) is 7.05. The number of nitrogens with zero attached hydrogens (tertiary/aromatic N) is 2. The third-order valence-corrected chi connectivity index (χ3v) is 6.63. The zero-order valence-electron chi connectivity index (χ0n) is 16.3. The Bertz CT molecular complexity index is 933. The van der Waals surface area contributed by atoms with Crippen LogP contribution in [0, 0.1) is 0 Å². The largest absolute Gasteiger partial charge is 0.347 e. The maximum atomic E-state index is 12.7. The summed E-state index contributed by atoms with van der Waals surface area (Å²) in [7, 11) is -2.97. The molecule has 9 heteroatoms. The summed E-state index contributed by atoms with van der Waals surface area (Å²) in [5.41, 5.74) is 1.54. The fraction of sp³-hybridized carbons (Fsp3) is 0.400. The minimum atomic E-state index is -2.97. The molecule has 156 valence electrons. The van der Waals surface area contributed by atoms with Crippen LogP contribution in [0.2, 0.25) is 0 Å². The van der Waals surface area contributed by atoms with E-state index in [1.54, 1.807) is 23.1 Å². The number of rotatable bonds is 7. The molecule has 2 heterocycles. The standard InChI is InChI=1S/C20H25N3O4S2/c1-29(26,27)14-12-22-8-10-23(11-9-22)20(25)17-6-4-16(5-7-17)15-21-19(24)18-3-2-13-28-18/h2-7,13H,8-12,14-15H2,1H3,(H,21,24). The molecule has 0 spiro atoms. The van der Waals surface area contributed by atoms with Crippen molar-refractivity contribution in [3.63, 3.8) is 0 Å². The second-order valence-electron chi connectivity index (χ2n) is 7.12. The molecule has 3 rings (SSSR count). The molecule has 1 N–H and O–H groups in total. The maximum Gasteiger partial charge on any atom is 0.261 e. The lowest BCUT2D eigenvalue weighted by Gasteiger charge is -2.34. The summed E-state index contributed by atoms with van der Waals surface area (Å²) in [6.45, 7) is 3.43. The molecular formula is C20H25N3O4S2. The van der Waals surface area contributed by atoms with Crippen LogP contribution in [0.5, 0.6) is 0 Å². The van der Waals surface area contributed by atoms with Crippen molar-refractivity contribution in [2.24, 2.45) is 0 Å². The van der Waals surface area contributed by atoms with Gasteiger partial charge in [-0.2, -0.15) is 0 Å². The van der Waals surface area contributed by atoms with Gasteiger partial charge in [0.1, 0.15) is 9.84 Å². The molecule has 0 bridgehead atoms. The van der Waals surface area contributed by atoms with Gasteiger partial charge < -0.3 is 10.2 Å². The van der Waals surface area contributed by atoms with E-state index >= 15 is 0 Å². The van der Waals surface area contributed by atoms with Crippen molar-refractivity contribution in [1.29, 1.82) is 0 Å². The SMILES string of the molecule is CS(=O)(=O)CCN1CCN(C(=O)c2ccc(CNC(=O)c3cccs3)cc2)CC1. The number of benzene rings is 1. The lowest BCUT2D eigenvalue weighted by atomic mass is 10.1. The molecule has 1 saturated heterocycles. The number of amides is 2. The minimum Gasteiger partial charge on any atom is -0.347 e. The molecule has 0 atom stereocenters. The third kappa shape index (κ3) is 6.38. The van der Waals surface area contributed by atoms with Gasteiger partial charge in [-0.05, 0) is 29.1 Å². The van der Waals surface area contributed by atoms with E-state index < -0.39 is 9.84 Å². The second kappa shape index (κ2) is 9.51. The van der Waals surface area contributed by atoms with Crippen LogP contribution in [0.3, 0.4) is 0 Å². The highest BCUT2D eigenvalue weighted by molar-refractivity contribution is 7.90. The maximum absolute atomic E-state index is 12.7. The van der Waals surface area contributed by atoms with E-state index in [0.717, 1.165) is 5.56 Å². The summed E-state index contributed by atoms with van der Waals surface area (Å²) in [5.74, 6) is 0.0154. The van der Waals surface area contributed by atoms with Crippen LogP contribution in [0.4, 0.5) is 0 Å². The van der Waals surface area contributed by atoms with Gasteiger partial charge in [0, 0.05) is 51.1 Å². The van der Waals surface area contributed by atoms with E-state index in [4.69, 9.17) is 0 Å². The molecule has 0 radical (unpaired) electrons. The fourth-order valence-corrected chi connectivity index (χ4v) is 4.32. The molecule has 1 aromatic heterocycles. The number of carbonyl (C=O) groups is 2. The van der Waals surface area contributed by atoms with Gasteiger partial charge in [-0.3, -0.25) is 14.5 Å². The summed E-state index contributed by atoms with van der Waals surface area (Å²) >= 11 is 1.40. The molecule has 1 aliphatic heterocycles. The van der Waals surface area contributed by atoms with Gasteiger partial charge in [0.2, 0.25) is 0 Å². The van der Waals surface area contributed by atoms with Crippen molar-refractivity contribution >= 4 is 33.0 Å². The Morgan fingerprint density at radius 3 is 2.34 bits per heavy atom. The van der Waals surface area contributed by atoms with Crippen LogP contribution in [-0.2, 0) is 16.4 Å². The van der Waals surface area contributed by atoms with Gasteiger partial charge >= 0.3 is 0 Å². The molecular weight excluding hydrogens is 410 g/mol. The van der Waals surface area contributed by atoms with Crippen molar-refractivity contribution in [3.05, 3.63) is 57.8 Å². The quantitative estimate of drug-likeness (QED) is 0.712. The summed E-state index contributed by atoms with van der Waals surface area (Å²) < 4.78 is 22.6. The van der Waals surface area contributed by atoms with Crippen molar-refractivity contribution < 1.29 is 18.0 Å². The van der Waals surface area contributed by atoms with Gasteiger partial charge in [0.05, 0.1) is 10.6 Å². The second-order valence-corrected chi connectivity index (χ2v) is 10.3. The molecule has 1 aliphatic rings. The van der Waals surface area contributed by atoms with Crippen LogP contribution in [-0.4, -0.2) is 74.8 Å². The van der Waals surface area contributed by atoms with Gasteiger partial charge in [-0.25, -0.2) is 8.42 Å². The molecule has 2 amide bonds. The van der Waals surface area contributed by atoms with E-state index in [-0.39, 0.29) is 17.6 Å². The zero-order valence-corrected chi connectivity index (χ0v) is 18.0. The Labute approximate surface area is 175 Å². The topological polar surface area (TPSA) is 86.8 Å². The predicted octanol–water partition coefficient (Wildman–Crippen LogP) is 1.48. The molecule has 1 aromatic carbocycles. The normalized spacial score (nSPS) is 15.3. The van der Waals surface area contributed by atoms with Crippen LogP contribution < -0.4 is 5.32 Å². The Hall–Kier alpha value is -2.23. The molecule has 2 aromatic rings. The summed E-state index contributed by atoms with van der Waals surface area (Å²) in [6, 6.07) is 10.9. The summed E-state index contributed by atoms with van der Waals surface area (Å²) in [5, 5.41) is 4.73. The van der Waals surface area contributed by atoms with Crippen molar-refractivity contribution in [1.82, 2.24) is 15.1 Å². The van der Waals surface area contributed by atoms with Crippen LogP contribution in [0.1, 0.15) is 25.6 Å². The first kappa shape index (κ1) is 21.5. The fourth-order valence-electron chi connectivity index (χ4n) is 3.09. The van der Waals surface area contributed by atoms with Gasteiger partial charge in [0.25, 0.3) is 11.8 Å². The monoisotopic (exact) mass is 435 g/mol. The van der Waals surface area contributed by atoms with E-state index in [9.17, 15) is 18.0 Å². The Morgan fingerprint density at radius 1 is 1.07 bits per heavy atom. The zero-order chi connectivity index (χ0) is 20.9. The number of hydrogen-bond acceptors (Lipinski definition) is 6. The van der Waals surface area contributed by atoms with Crippen molar-refractivity contribution in [2.45, 2.75) is 6.54 Å². The minimum absolute atomic E-state index is 0.0260. The van der Waals surface area contributed by atoms with Gasteiger partial charge in [-0.15, -0.1) is 11.3 Å². The summed E-state index contributed by atoms with van der Waals surface area (Å²) in [4.78, 5) is 29.2. The van der Waals surface area contributed by atoms with Crippen LogP contribution >= 0.6 is 11.3 Å². The highest BCUT2D eigenvalue weighted by Gasteiger charge is 2.22. The Morgan fingerprint density at radius 2 is 1.76 bits per heavy atom. The summed E-state index contributed by atoms with van der Waals surface area (Å²) in [6.07, 6.45) is 1.24. The first-order valence-corrected chi connectivity index (χ1v) is 12.4. The average Bonchev–Trinajstić information content (AvgIpc) is 3.25. The molecule has 0 saturated carbocycles. The molecule has 0 unspecified atom stereocenters. The molecule has 0 aliphatic carbocycles. The number of hydrogen-bond donors (Lipinski definition) is 1. The average molecular weight is 436 g/mol. The van der Waals surface area contributed by atoms with Crippen LogP contribution in [0.25, 0.3) is 0 Å². The number of sulfone groups is 1. The number of piperazine rings is 1.